The number of nitrogens with one attached hydrogen (secondary N) is 1. The van der Waals surface area contributed by atoms with Crippen molar-refractivity contribution in [3.05, 3.63) is 23.8 Å². The van der Waals surface area contributed by atoms with Crippen molar-refractivity contribution < 1.29 is 9.84 Å². The summed E-state index contributed by atoms with van der Waals surface area (Å²) in [6.07, 6.45) is 0. The zero-order chi connectivity index (χ0) is 13.0. The van der Waals surface area contributed by atoms with E-state index in [-0.39, 0.29) is 36.6 Å². The minimum absolute atomic E-state index is 0. The van der Waals surface area contributed by atoms with Crippen molar-refractivity contribution in [3.8, 4) is 11.5 Å². The molecule has 1 saturated heterocycles. The van der Waals surface area contributed by atoms with E-state index in [0.29, 0.717) is 12.4 Å². The number of ether oxygens (including phenoxy) is 1. The molecule has 2 rings (SSSR count). The van der Waals surface area contributed by atoms with E-state index in [0.717, 1.165) is 31.7 Å². The van der Waals surface area contributed by atoms with Crippen LogP contribution in [0.15, 0.2) is 18.2 Å². The predicted octanol–water partition coefficient (Wildman–Crippen LogP) is 2.60. The molecule has 0 bridgehead atoms. The predicted molar refractivity (Wildman–Crippen MR) is 86.6 cm³/mol. The lowest BCUT2D eigenvalue weighted by molar-refractivity contribution is 0.182. The van der Waals surface area contributed by atoms with Gasteiger partial charge in [0.15, 0.2) is 11.5 Å². The molecule has 116 valence electrons. The summed E-state index contributed by atoms with van der Waals surface area (Å²) in [6, 6.07) is 5.95. The van der Waals surface area contributed by atoms with Crippen LogP contribution in [-0.4, -0.2) is 42.8 Å². The van der Waals surface area contributed by atoms with E-state index >= 15 is 0 Å². The third-order valence-corrected chi connectivity index (χ3v) is 3.48. The number of piperazine rings is 1. The highest BCUT2D eigenvalue weighted by molar-refractivity contribution is 5.85. The first-order valence-electron chi connectivity index (χ1n) is 6.63. The Morgan fingerprint density at radius 2 is 1.95 bits per heavy atom. The maximum atomic E-state index is 10.3. The lowest BCUT2D eigenvalue weighted by atomic mass is 10.0. The molecule has 1 fully saturated rings. The monoisotopic (exact) mass is 322 g/mol. The third kappa shape index (κ3) is 4.42. The van der Waals surface area contributed by atoms with Gasteiger partial charge in [0.05, 0.1) is 6.61 Å². The molecular formula is C14H24Cl2N2O2. The molecule has 0 saturated carbocycles. The second kappa shape index (κ2) is 9.29. The van der Waals surface area contributed by atoms with Crippen LogP contribution in [0, 0.1) is 0 Å². The lowest BCUT2D eigenvalue weighted by Gasteiger charge is -2.33. The van der Waals surface area contributed by atoms with E-state index in [2.05, 4.69) is 17.1 Å². The van der Waals surface area contributed by atoms with Crippen LogP contribution < -0.4 is 10.1 Å². The fraction of sp³-hybridized carbons (Fsp3) is 0.571. The number of nitrogens with zero attached hydrogens (tertiary/aromatic N) is 1. The molecule has 0 amide bonds. The maximum absolute atomic E-state index is 10.3. The average Bonchev–Trinajstić information content (AvgIpc) is 2.42. The van der Waals surface area contributed by atoms with Crippen molar-refractivity contribution >= 4 is 24.8 Å². The SMILES string of the molecule is CCOc1cccc([C@H](C)N2CCNCC2)c1O.Cl.Cl. The Hall–Kier alpha value is -0.680. The number of hydrogen-bond donors (Lipinski definition) is 2. The van der Waals surface area contributed by atoms with Gasteiger partial charge in [0.1, 0.15) is 0 Å². The summed E-state index contributed by atoms with van der Waals surface area (Å²) in [5.74, 6) is 0.863. The van der Waals surface area contributed by atoms with Gasteiger partial charge < -0.3 is 15.2 Å². The van der Waals surface area contributed by atoms with Gasteiger partial charge in [0, 0.05) is 37.8 Å². The van der Waals surface area contributed by atoms with Crippen LogP contribution in [0.5, 0.6) is 11.5 Å². The van der Waals surface area contributed by atoms with Gasteiger partial charge in [-0.1, -0.05) is 12.1 Å². The van der Waals surface area contributed by atoms with Crippen molar-refractivity contribution in [1.29, 1.82) is 0 Å². The first kappa shape index (κ1) is 19.3. The first-order valence-corrected chi connectivity index (χ1v) is 6.63. The largest absolute Gasteiger partial charge is 0.504 e. The standard InChI is InChI=1S/C14H22N2O2.2ClH/c1-3-18-13-6-4-5-12(14(13)17)11(2)16-9-7-15-8-10-16;;/h4-6,11,15,17H,3,7-10H2,1-2H3;2*1H/t11-;;/m0../s1. The van der Waals surface area contributed by atoms with Gasteiger partial charge >= 0.3 is 0 Å². The van der Waals surface area contributed by atoms with Crippen LogP contribution in [0.3, 0.4) is 0 Å². The number of rotatable bonds is 4. The molecule has 2 N–H and O–H groups in total. The van der Waals surface area contributed by atoms with Crippen LogP contribution in [0.1, 0.15) is 25.5 Å². The molecule has 0 radical (unpaired) electrons. The van der Waals surface area contributed by atoms with Gasteiger partial charge in [0.2, 0.25) is 0 Å². The van der Waals surface area contributed by atoms with Crippen molar-refractivity contribution in [3.63, 3.8) is 0 Å². The lowest BCUT2D eigenvalue weighted by Crippen LogP contribution is -2.44. The zero-order valence-electron chi connectivity index (χ0n) is 12.0. The van der Waals surface area contributed by atoms with Crippen molar-refractivity contribution in [2.45, 2.75) is 19.9 Å². The van der Waals surface area contributed by atoms with E-state index in [1.165, 1.54) is 0 Å². The van der Waals surface area contributed by atoms with E-state index in [4.69, 9.17) is 4.74 Å². The Kier molecular flexibility index (Phi) is 8.98. The molecule has 6 heteroatoms. The minimum atomic E-state index is 0. The maximum Gasteiger partial charge on any atom is 0.162 e. The molecule has 1 aliphatic heterocycles. The number of phenols is 1. The normalized spacial score (nSPS) is 16.7. The van der Waals surface area contributed by atoms with Gasteiger partial charge in [-0.25, -0.2) is 0 Å². The Bertz CT molecular complexity index is 399. The van der Waals surface area contributed by atoms with Gasteiger partial charge in [-0.05, 0) is 19.9 Å². The smallest absolute Gasteiger partial charge is 0.162 e. The molecule has 0 unspecified atom stereocenters. The summed E-state index contributed by atoms with van der Waals surface area (Å²) in [7, 11) is 0. The van der Waals surface area contributed by atoms with Gasteiger partial charge in [-0.3, -0.25) is 4.90 Å². The fourth-order valence-electron chi connectivity index (χ4n) is 2.41. The molecule has 1 aliphatic rings. The van der Waals surface area contributed by atoms with E-state index < -0.39 is 0 Å². The van der Waals surface area contributed by atoms with Crippen molar-refractivity contribution in [2.75, 3.05) is 32.8 Å². The number of hydrogen-bond acceptors (Lipinski definition) is 4. The summed E-state index contributed by atoms with van der Waals surface area (Å²) in [5.41, 5.74) is 0.947. The molecule has 0 aliphatic carbocycles. The molecule has 1 aromatic carbocycles. The second-order valence-electron chi connectivity index (χ2n) is 4.59. The summed E-state index contributed by atoms with van der Waals surface area (Å²) >= 11 is 0. The highest BCUT2D eigenvalue weighted by Crippen LogP contribution is 2.35. The number of aromatic hydroxyl groups is 1. The fourth-order valence-corrected chi connectivity index (χ4v) is 2.41. The molecule has 0 aromatic heterocycles. The highest BCUT2D eigenvalue weighted by atomic mass is 35.5. The molecule has 4 nitrogen and oxygen atoms in total. The topological polar surface area (TPSA) is 44.7 Å². The molecular weight excluding hydrogens is 299 g/mol. The summed E-state index contributed by atoms with van der Waals surface area (Å²) in [6.45, 7) is 8.67. The van der Waals surface area contributed by atoms with Crippen LogP contribution in [-0.2, 0) is 0 Å². The van der Waals surface area contributed by atoms with Crippen molar-refractivity contribution in [2.24, 2.45) is 0 Å². The van der Waals surface area contributed by atoms with Crippen LogP contribution in [0.2, 0.25) is 0 Å². The molecule has 1 heterocycles. The Labute approximate surface area is 133 Å². The Balaban J connectivity index is 0.00000180. The summed E-state index contributed by atoms with van der Waals surface area (Å²) < 4.78 is 5.43. The average molecular weight is 323 g/mol. The number of benzene rings is 1. The van der Waals surface area contributed by atoms with Crippen LogP contribution in [0.25, 0.3) is 0 Å². The highest BCUT2D eigenvalue weighted by Gasteiger charge is 2.21. The second-order valence-corrected chi connectivity index (χ2v) is 4.59. The molecule has 1 atom stereocenters. The summed E-state index contributed by atoms with van der Waals surface area (Å²) in [4.78, 5) is 2.38. The zero-order valence-corrected chi connectivity index (χ0v) is 13.6. The quantitative estimate of drug-likeness (QED) is 0.894. The van der Waals surface area contributed by atoms with E-state index in [1.807, 2.05) is 25.1 Å². The van der Waals surface area contributed by atoms with Crippen molar-refractivity contribution in [1.82, 2.24) is 10.2 Å². The minimum Gasteiger partial charge on any atom is -0.504 e. The Morgan fingerprint density at radius 1 is 1.30 bits per heavy atom. The third-order valence-electron chi connectivity index (χ3n) is 3.48. The summed E-state index contributed by atoms with van der Waals surface area (Å²) in [5, 5.41) is 13.6. The first-order chi connectivity index (χ1) is 8.74. The van der Waals surface area contributed by atoms with E-state index in [1.54, 1.807) is 0 Å². The molecule has 1 aromatic rings. The van der Waals surface area contributed by atoms with Gasteiger partial charge in [-0.2, -0.15) is 0 Å². The van der Waals surface area contributed by atoms with Crippen LogP contribution in [0.4, 0.5) is 0 Å². The van der Waals surface area contributed by atoms with Gasteiger partial charge in [0.25, 0.3) is 0 Å². The molecule has 0 spiro atoms. The van der Waals surface area contributed by atoms with Crippen LogP contribution >= 0.6 is 24.8 Å². The number of phenolic OH excluding ortho intramolecular Hbond substituents is 1. The number of halogens is 2. The van der Waals surface area contributed by atoms with E-state index in [9.17, 15) is 5.11 Å². The van der Waals surface area contributed by atoms with Gasteiger partial charge in [-0.15, -0.1) is 24.8 Å². The molecule has 20 heavy (non-hydrogen) atoms. The Morgan fingerprint density at radius 3 is 2.55 bits per heavy atom. The number of para-hydroxylation sites is 1.